The lowest BCUT2D eigenvalue weighted by Gasteiger charge is -2.23. The van der Waals surface area contributed by atoms with Crippen LogP contribution in [0.4, 0.5) is 0 Å². The van der Waals surface area contributed by atoms with Crippen LogP contribution in [0.2, 0.25) is 0 Å². The maximum absolute atomic E-state index is 12.1. The molecule has 4 amide bonds. The Labute approximate surface area is 262 Å². The highest BCUT2D eigenvalue weighted by Crippen LogP contribution is 2.17. The molecule has 0 bridgehead atoms. The first-order valence-electron chi connectivity index (χ1n) is 15.6. The van der Waals surface area contributed by atoms with E-state index in [1.807, 2.05) is 34.6 Å². The molecule has 0 aromatic heterocycles. The van der Waals surface area contributed by atoms with Gasteiger partial charge in [0.25, 0.3) is 5.91 Å². The van der Waals surface area contributed by atoms with Crippen LogP contribution >= 0.6 is 0 Å². The van der Waals surface area contributed by atoms with Gasteiger partial charge in [0.1, 0.15) is 6.04 Å². The van der Waals surface area contributed by atoms with Gasteiger partial charge in [-0.1, -0.05) is 72.8 Å². The van der Waals surface area contributed by atoms with Crippen LogP contribution in [0.5, 0.6) is 0 Å². The summed E-state index contributed by atoms with van der Waals surface area (Å²) in [5, 5.41) is 6.93. The predicted molar refractivity (Wildman–Crippen MR) is 175 cm³/mol. The van der Waals surface area contributed by atoms with Crippen LogP contribution in [0.25, 0.3) is 0 Å². The monoisotopic (exact) mass is 616 g/mol. The molecule has 1 aliphatic rings. The summed E-state index contributed by atoms with van der Waals surface area (Å²) in [6.07, 6.45) is 10.9. The molecule has 0 aromatic rings. The minimum atomic E-state index is -0.806. The first-order chi connectivity index (χ1) is 20.4. The number of hydrogen-bond acceptors (Lipinski definition) is 7. The Bertz CT molecular complexity index is 719. The van der Waals surface area contributed by atoms with E-state index in [0.717, 1.165) is 6.61 Å². The molecule has 1 aliphatic heterocycles. The summed E-state index contributed by atoms with van der Waals surface area (Å²) in [4.78, 5) is 58.4. The quantitative estimate of drug-likeness (QED) is 0.108. The number of carbonyl (C=O) groups excluding carboxylic acids is 5. The summed E-state index contributed by atoms with van der Waals surface area (Å²) in [5.41, 5.74) is 0.0417. The van der Waals surface area contributed by atoms with E-state index in [0.29, 0.717) is 25.8 Å². The van der Waals surface area contributed by atoms with E-state index in [4.69, 9.17) is 9.47 Å². The van der Waals surface area contributed by atoms with Gasteiger partial charge in [0, 0.05) is 33.9 Å². The Balaban J connectivity index is -0.000000311. The topological polar surface area (TPSA) is 143 Å². The first-order valence-corrected chi connectivity index (χ1v) is 15.6. The molecule has 1 heterocycles. The molecular weight excluding hydrogens is 552 g/mol. The van der Waals surface area contributed by atoms with Gasteiger partial charge < -0.3 is 30.3 Å². The van der Waals surface area contributed by atoms with E-state index in [1.165, 1.54) is 49.5 Å². The molecular formula is C32H64N4O7. The van der Waals surface area contributed by atoms with E-state index in [-0.39, 0.29) is 24.6 Å². The zero-order valence-electron chi connectivity index (χ0n) is 28.9. The van der Waals surface area contributed by atoms with Gasteiger partial charge in [0.15, 0.2) is 0 Å². The number of nitrogens with zero attached hydrogens (tertiary/aromatic N) is 1. The fourth-order valence-electron chi connectivity index (χ4n) is 3.05. The van der Waals surface area contributed by atoms with Crippen molar-refractivity contribution in [2.45, 2.75) is 118 Å². The second-order valence-electron chi connectivity index (χ2n) is 10.3. The van der Waals surface area contributed by atoms with Crippen molar-refractivity contribution in [2.75, 3.05) is 47.0 Å². The lowest BCUT2D eigenvalue weighted by atomic mass is 10.2. The van der Waals surface area contributed by atoms with Crippen molar-refractivity contribution in [3.05, 3.63) is 12.7 Å². The van der Waals surface area contributed by atoms with Gasteiger partial charge >= 0.3 is 0 Å². The van der Waals surface area contributed by atoms with Gasteiger partial charge in [-0.15, -0.1) is 6.58 Å². The van der Waals surface area contributed by atoms with Gasteiger partial charge in [-0.2, -0.15) is 0 Å². The van der Waals surface area contributed by atoms with Crippen molar-refractivity contribution in [3.8, 4) is 0 Å². The summed E-state index contributed by atoms with van der Waals surface area (Å²) in [6, 6.07) is -0.694. The largest absolute Gasteiger partial charge is 0.385 e. The summed E-state index contributed by atoms with van der Waals surface area (Å²) >= 11 is 0. The molecule has 11 nitrogen and oxygen atoms in total. The zero-order valence-corrected chi connectivity index (χ0v) is 28.9. The van der Waals surface area contributed by atoms with Crippen LogP contribution in [0, 0.1) is 0 Å². The summed E-state index contributed by atoms with van der Waals surface area (Å²) in [5.74, 6) is -2.45. The Morgan fingerprint density at radius 3 is 1.98 bits per heavy atom. The smallest absolute Gasteiger partial charge is 0.289 e. The molecule has 1 saturated heterocycles. The third kappa shape index (κ3) is 32.0. The number of ketones is 1. The van der Waals surface area contributed by atoms with Gasteiger partial charge in [-0.05, 0) is 40.0 Å². The molecule has 1 unspecified atom stereocenters. The summed E-state index contributed by atoms with van der Waals surface area (Å²) in [6.45, 7) is 20.8. The number of methoxy groups -OCH3 is 2. The molecule has 254 valence electrons. The average Bonchev–Trinajstić information content (AvgIpc) is 3.49. The SMILES string of the molecule is C=CCNC(=O)C(=O)CNC(=O)C1CCCN1C(=O)CNC=O.CC.CCC.CCCCCCCOC.COC(C)(C)C. The Morgan fingerprint density at radius 1 is 0.953 bits per heavy atom. The van der Waals surface area contributed by atoms with Gasteiger partial charge in [-0.3, -0.25) is 24.0 Å². The first kappa shape index (κ1) is 47.1. The van der Waals surface area contributed by atoms with Crippen molar-refractivity contribution < 1.29 is 33.4 Å². The number of likely N-dealkylation sites (tertiary alicyclic amines) is 1. The van der Waals surface area contributed by atoms with Gasteiger partial charge in [0.05, 0.1) is 18.7 Å². The highest BCUT2D eigenvalue weighted by atomic mass is 16.5. The normalized spacial score (nSPS) is 13.1. The second-order valence-corrected chi connectivity index (χ2v) is 10.3. The molecule has 0 radical (unpaired) electrons. The number of unbranched alkanes of at least 4 members (excludes halogenated alkanes) is 4. The van der Waals surface area contributed by atoms with Gasteiger partial charge in [-0.25, -0.2) is 0 Å². The number of nitrogens with one attached hydrogen (secondary N) is 3. The number of carbonyl (C=O) groups is 5. The lowest BCUT2D eigenvalue weighted by Crippen LogP contribution is -2.50. The van der Waals surface area contributed by atoms with Crippen molar-refractivity contribution in [1.29, 1.82) is 0 Å². The molecule has 11 heteroatoms. The van der Waals surface area contributed by atoms with Crippen molar-refractivity contribution in [1.82, 2.24) is 20.9 Å². The van der Waals surface area contributed by atoms with Crippen LogP contribution in [0.1, 0.15) is 107 Å². The molecule has 0 saturated carbocycles. The fourth-order valence-corrected chi connectivity index (χ4v) is 3.05. The van der Waals surface area contributed by atoms with Crippen LogP contribution in [0.15, 0.2) is 12.7 Å². The van der Waals surface area contributed by atoms with Crippen LogP contribution in [-0.4, -0.2) is 93.5 Å². The molecule has 1 rings (SSSR count). The van der Waals surface area contributed by atoms with Crippen molar-refractivity contribution >= 4 is 29.9 Å². The number of hydrogen-bond donors (Lipinski definition) is 3. The molecule has 0 aromatic carbocycles. The van der Waals surface area contributed by atoms with E-state index >= 15 is 0 Å². The fraction of sp³-hybridized carbons (Fsp3) is 0.781. The number of ether oxygens (including phenoxy) is 2. The Kier molecular flexibility index (Phi) is 37.0. The van der Waals surface area contributed by atoms with Crippen LogP contribution in [0.3, 0.4) is 0 Å². The number of amides is 4. The highest BCUT2D eigenvalue weighted by molar-refractivity contribution is 6.37. The minimum absolute atomic E-state index is 0.0417. The summed E-state index contributed by atoms with van der Waals surface area (Å²) < 4.78 is 9.86. The number of rotatable bonds is 15. The molecule has 1 fully saturated rings. The molecule has 43 heavy (non-hydrogen) atoms. The minimum Gasteiger partial charge on any atom is -0.385 e. The molecule has 0 aliphatic carbocycles. The molecule has 3 N–H and O–H groups in total. The van der Waals surface area contributed by atoms with E-state index in [2.05, 4.69) is 43.3 Å². The van der Waals surface area contributed by atoms with E-state index in [1.54, 1.807) is 14.2 Å². The Hall–Kier alpha value is -2.79. The predicted octanol–water partition coefficient (Wildman–Crippen LogP) is 4.19. The highest BCUT2D eigenvalue weighted by Gasteiger charge is 2.34. The van der Waals surface area contributed by atoms with E-state index < -0.39 is 30.2 Å². The summed E-state index contributed by atoms with van der Waals surface area (Å²) in [7, 11) is 3.47. The number of Topliss-reactive ketones (excluding diaryl/α,β-unsaturated/α-hetero) is 1. The Morgan fingerprint density at radius 2 is 1.51 bits per heavy atom. The standard InChI is InChI=1S/C14H20N4O5.C8H18O.C5H12O.C3H8.C2H6/c1-2-5-16-14(23)11(20)7-17-13(22)10-4-3-6-18(10)12(21)8-15-9-19;1-3-4-5-6-7-8-9-2;1-5(2,3)6-4;1-3-2;1-2/h2,9-10H,1,3-8H2,(H,15,19)(H,16,23)(H,17,22);3-8H2,1-2H3;1-4H3;3H2,1-2H3;1-2H3. The maximum Gasteiger partial charge on any atom is 0.289 e. The van der Waals surface area contributed by atoms with Crippen LogP contribution in [-0.2, 0) is 33.4 Å². The maximum atomic E-state index is 12.1. The van der Waals surface area contributed by atoms with Gasteiger partial charge in [0.2, 0.25) is 24.0 Å². The zero-order chi connectivity index (χ0) is 34.1. The molecule has 0 spiro atoms. The lowest BCUT2D eigenvalue weighted by molar-refractivity contribution is -0.140. The average molecular weight is 617 g/mol. The van der Waals surface area contributed by atoms with Crippen molar-refractivity contribution in [3.63, 3.8) is 0 Å². The molecule has 1 atom stereocenters. The third-order valence-corrected chi connectivity index (χ3v) is 5.36. The van der Waals surface area contributed by atoms with Crippen molar-refractivity contribution in [2.24, 2.45) is 0 Å². The van der Waals surface area contributed by atoms with Crippen LogP contribution < -0.4 is 16.0 Å². The third-order valence-electron chi connectivity index (χ3n) is 5.36. The van der Waals surface area contributed by atoms with E-state index in [9.17, 15) is 24.0 Å². The second kappa shape index (κ2) is 33.7.